The SMILES string of the molecule is Cc1ccc(Cl)c(OCC2(O)CCCN(Cc3ccc(O)cc3)CC2)c1. The number of phenolic OH excluding ortho intramolecular Hbond substituents is 1. The average molecular weight is 376 g/mol. The fourth-order valence-corrected chi connectivity index (χ4v) is 3.50. The number of rotatable bonds is 5. The van der Waals surface area contributed by atoms with Gasteiger partial charge in [-0.2, -0.15) is 0 Å². The molecule has 1 heterocycles. The van der Waals surface area contributed by atoms with E-state index in [1.807, 2.05) is 37.3 Å². The van der Waals surface area contributed by atoms with Gasteiger partial charge in [0.15, 0.2) is 0 Å². The van der Waals surface area contributed by atoms with Crippen molar-refractivity contribution in [3.63, 3.8) is 0 Å². The van der Waals surface area contributed by atoms with E-state index < -0.39 is 5.60 Å². The van der Waals surface area contributed by atoms with Gasteiger partial charge in [-0.25, -0.2) is 0 Å². The molecule has 0 aromatic heterocycles. The maximum absolute atomic E-state index is 11.0. The number of hydrogen-bond acceptors (Lipinski definition) is 4. The van der Waals surface area contributed by atoms with E-state index in [4.69, 9.17) is 16.3 Å². The van der Waals surface area contributed by atoms with E-state index in [1.54, 1.807) is 12.1 Å². The van der Waals surface area contributed by atoms with E-state index in [1.165, 1.54) is 0 Å². The van der Waals surface area contributed by atoms with Crippen LogP contribution in [0.5, 0.6) is 11.5 Å². The molecule has 0 spiro atoms. The van der Waals surface area contributed by atoms with Crippen LogP contribution in [0.25, 0.3) is 0 Å². The molecule has 0 saturated carbocycles. The summed E-state index contributed by atoms with van der Waals surface area (Å²) in [4.78, 5) is 2.34. The lowest BCUT2D eigenvalue weighted by molar-refractivity contribution is -0.0168. The van der Waals surface area contributed by atoms with E-state index in [0.29, 0.717) is 23.6 Å². The summed E-state index contributed by atoms with van der Waals surface area (Å²) in [5.41, 5.74) is 1.41. The van der Waals surface area contributed by atoms with E-state index >= 15 is 0 Å². The molecule has 1 saturated heterocycles. The second kappa shape index (κ2) is 8.30. The number of nitrogens with zero attached hydrogens (tertiary/aromatic N) is 1. The zero-order valence-electron chi connectivity index (χ0n) is 15.1. The van der Waals surface area contributed by atoms with Gasteiger partial charge in [0.2, 0.25) is 0 Å². The first kappa shape index (κ1) is 19.0. The highest BCUT2D eigenvalue weighted by Gasteiger charge is 2.31. The van der Waals surface area contributed by atoms with E-state index in [-0.39, 0.29) is 12.4 Å². The number of likely N-dealkylation sites (tertiary alicyclic amines) is 1. The number of aromatic hydroxyl groups is 1. The van der Waals surface area contributed by atoms with Crippen LogP contribution in [0.3, 0.4) is 0 Å². The summed E-state index contributed by atoms with van der Waals surface area (Å²) in [7, 11) is 0. The number of phenols is 1. The predicted molar refractivity (Wildman–Crippen MR) is 104 cm³/mol. The minimum atomic E-state index is -0.837. The Hall–Kier alpha value is -1.75. The normalized spacial score (nSPS) is 21.3. The number of aryl methyl sites for hydroxylation is 1. The van der Waals surface area contributed by atoms with Gasteiger partial charge in [-0.3, -0.25) is 4.90 Å². The molecule has 0 amide bonds. The first-order chi connectivity index (χ1) is 12.4. The predicted octanol–water partition coefficient (Wildman–Crippen LogP) is 4.15. The van der Waals surface area contributed by atoms with Crippen molar-refractivity contribution in [2.75, 3.05) is 19.7 Å². The second-order valence-corrected chi connectivity index (χ2v) is 7.65. The summed E-state index contributed by atoms with van der Waals surface area (Å²) in [6.45, 7) is 4.81. The first-order valence-electron chi connectivity index (χ1n) is 9.05. The molecule has 1 aliphatic heterocycles. The fraction of sp³-hybridized carbons (Fsp3) is 0.429. The molecule has 0 aliphatic carbocycles. The molecule has 0 radical (unpaired) electrons. The third-order valence-electron chi connectivity index (χ3n) is 4.94. The van der Waals surface area contributed by atoms with Crippen LogP contribution in [-0.4, -0.2) is 40.4 Å². The Morgan fingerprint density at radius 1 is 1.12 bits per heavy atom. The monoisotopic (exact) mass is 375 g/mol. The van der Waals surface area contributed by atoms with Crippen LogP contribution in [0, 0.1) is 6.92 Å². The third-order valence-corrected chi connectivity index (χ3v) is 5.25. The van der Waals surface area contributed by atoms with Gasteiger partial charge >= 0.3 is 0 Å². The van der Waals surface area contributed by atoms with Crippen molar-refractivity contribution in [1.82, 2.24) is 4.90 Å². The summed E-state index contributed by atoms with van der Waals surface area (Å²) in [6, 6.07) is 13.0. The zero-order valence-corrected chi connectivity index (χ0v) is 15.9. The van der Waals surface area contributed by atoms with Gasteiger partial charge in [0.1, 0.15) is 18.1 Å². The molecular weight excluding hydrogens is 350 g/mol. The molecule has 1 aliphatic rings. The van der Waals surface area contributed by atoms with Crippen LogP contribution in [-0.2, 0) is 6.54 Å². The van der Waals surface area contributed by atoms with E-state index in [9.17, 15) is 10.2 Å². The Kier molecular flexibility index (Phi) is 6.07. The maximum Gasteiger partial charge on any atom is 0.138 e. The number of ether oxygens (including phenoxy) is 1. The molecule has 26 heavy (non-hydrogen) atoms. The van der Waals surface area contributed by atoms with Gasteiger partial charge in [-0.05, 0) is 68.1 Å². The number of halogens is 1. The average Bonchev–Trinajstić information content (AvgIpc) is 2.80. The quantitative estimate of drug-likeness (QED) is 0.824. The van der Waals surface area contributed by atoms with Crippen molar-refractivity contribution < 1.29 is 14.9 Å². The smallest absolute Gasteiger partial charge is 0.138 e. The zero-order chi connectivity index (χ0) is 18.6. The Morgan fingerprint density at radius 2 is 1.88 bits per heavy atom. The topological polar surface area (TPSA) is 52.9 Å². The summed E-state index contributed by atoms with van der Waals surface area (Å²) >= 11 is 6.18. The molecule has 2 N–H and O–H groups in total. The lowest BCUT2D eigenvalue weighted by Crippen LogP contribution is -2.37. The summed E-state index contributed by atoms with van der Waals surface area (Å²) in [5.74, 6) is 0.913. The molecule has 0 bridgehead atoms. The molecule has 3 rings (SSSR count). The molecular formula is C21H26ClNO3. The van der Waals surface area contributed by atoms with Crippen molar-refractivity contribution in [3.05, 3.63) is 58.6 Å². The minimum Gasteiger partial charge on any atom is -0.508 e. The van der Waals surface area contributed by atoms with Gasteiger partial charge in [0, 0.05) is 13.1 Å². The van der Waals surface area contributed by atoms with Crippen LogP contribution < -0.4 is 4.74 Å². The lowest BCUT2D eigenvalue weighted by atomic mass is 9.96. The van der Waals surface area contributed by atoms with Gasteiger partial charge in [-0.1, -0.05) is 29.8 Å². The summed E-state index contributed by atoms with van der Waals surface area (Å²) in [6.07, 6.45) is 2.29. The van der Waals surface area contributed by atoms with Crippen LogP contribution in [0.2, 0.25) is 5.02 Å². The minimum absolute atomic E-state index is 0.253. The highest BCUT2D eigenvalue weighted by molar-refractivity contribution is 6.32. The Labute approximate surface area is 160 Å². The van der Waals surface area contributed by atoms with Gasteiger partial charge in [0.05, 0.1) is 10.6 Å². The van der Waals surface area contributed by atoms with Crippen LogP contribution in [0.15, 0.2) is 42.5 Å². The van der Waals surface area contributed by atoms with Gasteiger partial charge in [0.25, 0.3) is 0 Å². The summed E-state index contributed by atoms with van der Waals surface area (Å²) in [5, 5.41) is 20.9. The maximum atomic E-state index is 11.0. The molecule has 2 aromatic carbocycles. The van der Waals surface area contributed by atoms with E-state index in [2.05, 4.69) is 4.90 Å². The molecule has 1 unspecified atom stereocenters. The Balaban J connectivity index is 1.56. The van der Waals surface area contributed by atoms with Gasteiger partial charge in [-0.15, -0.1) is 0 Å². The Bertz CT molecular complexity index is 735. The highest BCUT2D eigenvalue weighted by Crippen LogP contribution is 2.29. The van der Waals surface area contributed by atoms with Crippen LogP contribution >= 0.6 is 11.6 Å². The Morgan fingerprint density at radius 3 is 2.65 bits per heavy atom. The molecule has 5 heteroatoms. The lowest BCUT2D eigenvalue weighted by Gasteiger charge is -2.27. The van der Waals surface area contributed by atoms with Gasteiger partial charge < -0.3 is 14.9 Å². The van der Waals surface area contributed by atoms with Crippen molar-refractivity contribution in [2.45, 2.75) is 38.3 Å². The number of aliphatic hydroxyl groups is 1. The van der Waals surface area contributed by atoms with Crippen molar-refractivity contribution in [1.29, 1.82) is 0 Å². The largest absolute Gasteiger partial charge is 0.508 e. The first-order valence-corrected chi connectivity index (χ1v) is 9.43. The number of hydrogen-bond donors (Lipinski definition) is 2. The van der Waals surface area contributed by atoms with E-state index in [0.717, 1.165) is 37.2 Å². The molecule has 1 fully saturated rings. The highest BCUT2D eigenvalue weighted by atomic mass is 35.5. The second-order valence-electron chi connectivity index (χ2n) is 7.24. The third kappa shape index (κ3) is 5.13. The number of benzene rings is 2. The molecule has 1 atom stereocenters. The van der Waals surface area contributed by atoms with Crippen LogP contribution in [0.4, 0.5) is 0 Å². The molecule has 2 aromatic rings. The van der Waals surface area contributed by atoms with Crippen molar-refractivity contribution >= 4 is 11.6 Å². The van der Waals surface area contributed by atoms with Crippen LogP contribution in [0.1, 0.15) is 30.4 Å². The fourth-order valence-electron chi connectivity index (χ4n) is 3.33. The summed E-state index contributed by atoms with van der Waals surface area (Å²) < 4.78 is 5.85. The molecule has 140 valence electrons. The van der Waals surface area contributed by atoms with Crippen molar-refractivity contribution in [3.8, 4) is 11.5 Å². The van der Waals surface area contributed by atoms with Crippen molar-refractivity contribution in [2.24, 2.45) is 0 Å². The standard InChI is InChI=1S/C21H26ClNO3/c1-16-3-8-19(22)20(13-16)26-15-21(25)9-2-11-23(12-10-21)14-17-4-6-18(24)7-5-17/h3-8,13,24-25H,2,9-12,14-15H2,1H3. The molecule has 4 nitrogen and oxygen atoms in total.